The van der Waals surface area contributed by atoms with E-state index in [1.807, 2.05) is 0 Å². The first kappa shape index (κ1) is 8.93. The van der Waals surface area contributed by atoms with Crippen molar-refractivity contribution in [3.63, 3.8) is 0 Å². The van der Waals surface area contributed by atoms with Crippen molar-refractivity contribution >= 4 is 31.9 Å². The molecule has 60 valence electrons. The zero-order chi connectivity index (χ0) is 8.43. The molecule has 5 heteroatoms. The minimum absolute atomic E-state index is 0.119. The Balaban J connectivity index is 3.25. The van der Waals surface area contributed by atoms with Gasteiger partial charge in [0.15, 0.2) is 5.75 Å². The summed E-state index contributed by atoms with van der Waals surface area (Å²) in [5.41, 5.74) is 0. The molecule has 0 atom stereocenters. The number of ether oxygens (including phenoxy) is 1. The Hall–Kier alpha value is -0.160. The number of rotatable bonds is 1. The van der Waals surface area contributed by atoms with Gasteiger partial charge in [0.25, 0.3) is 5.95 Å². The lowest BCUT2D eigenvalue weighted by Crippen LogP contribution is -1.92. The molecule has 0 bridgehead atoms. The summed E-state index contributed by atoms with van der Waals surface area (Å²) in [7, 11) is 1.39. The van der Waals surface area contributed by atoms with Crippen molar-refractivity contribution in [3.8, 4) is 5.75 Å². The molecular formula is C6H4Br2FNO. The second-order valence-corrected chi connectivity index (χ2v) is 3.42. The number of methoxy groups -OCH3 is 1. The summed E-state index contributed by atoms with van der Waals surface area (Å²) in [6.45, 7) is 0. The molecule has 0 aliphatic heterocycles. The highest BCUT2D eigenvalue weighted by Crippen LogP contribution is 2.28. The monoisotopic (exact) mass is 283 g/mol. The lowest BCUT2D eigenvalue weighted by molar-refractivity contribution is 0.374. The van der Waals surface area contributed by atoms with Crippen molar-refractivity contribution in [1.82, 2.24) is 4.98 Å². The van der Waals surface area contributed by atoms with Crippen LogP contribution in [0.25, 0.3) is 0 Å². The van der Waals surface area contributed by atoms with E-state index >= 15 is 0 Å². The Morgan fingerprint density at radius 3 is 2.64 bits per heavy atom. The maximum Gasteiger partial charge on any atom is 0.257 e. The van der Waals surface area contributed by atoms with E-state index < -0.39 is 5.95 Å². The Kier molecular flexibility index (Phi) is 2.84. The van der Waals surface area contributed by atoms with Crippen LogP contribution in [0.1, 0.15) is 0 Å². The van der Waals surface area contributed by atoms with Crippen LogP contribution in [0, 0.1) is 5.95 Å². The lowest BCUT2D eigenvalue weighted by atomic mass is 10.4. The molecule has 0 saturated heterocycles. The molecule has 1 rings (SSSR count). The highest BCUT2D eigenvalue weighted by molar-refractivity contribution is 9.11. The molecule has 0 aliphatic rings. The summed E-state index contributed by atoms with van der Waals surface area (Å²) in [4.78, 5) is 3.50. The second kappa shape index (κ2) is 3.49. The van der Waals surface area contributed by atoms with Crippen LogP contribution in [-0.2, 0) is 0 Å². The largest absolute Gasteiger partial charge is 0.491 e. The highest BCUT2D eigenvalue weighted by Gasteiger charge is 2.09. The highest BCUT2D eigenvalue weighted by atomic mass is 79.9. The van der Waals surface area contributed by atoms with Crippen LogP contribution < -0.4 is 4.74 Å². The van der Waals surface area contributed by atoms with Crippen molar-refractivity contribution < 1.29 is 9.13 Å². The number of nitrogens with zero attached hydrogens (tertiary/aromatic N) is 1. The predicted octanol–water partition coefficient (Wildman–Crippen LogP) is 2.75. The van der Waals surface area contributed by atoms with Gasteiger partial charge >= 0.3 is 0 Å². The third-order valence-corrected chi connectivity index (χ3v) is 2.05. The van der Waals surface area contributed by atoms with Gasteiger partial charge in [-0.1, -0.05) is 0 Å². The van der Waals surface area contributed by atoms with Crippen LogP contribution in [0.2, 0.25) is 0 Å². The standard InChI is InChI=1S/C6H4Br2FNO/c1-11-5-3(7)2-4(8)10-6(5)9/h2H,1H3. The zero-order valence-corrected chi connectivity index (χ0v) is 8.74. The maximum absolute atomic E-state index is 12.8. The summed E-state index contributed by atoms with van der Waals surface area (Å²) in [6.07, 6.45) is 0. The minimum Gasteiger partial charge on any atom is -0.491 e. The van der Waals surface area contributed by atoms with E-state index in [9.17, 15) is 4.39 Å². The molecule has 0 spiro atoms. The fraction of sp³-hybridized carbons (Fsp3) is 0.167. The third-order valence-electron chi connectivity index (χ3n) is 1.06. The quantitative estimate of drug-likeness (QED) is 0.740. The lowest BCUT2D eigenvalue weighted by Gasteiger charge is -2.02. The Labute approximate surface area is 80.0 Å². The van der Waals surface area contributed by atoms with E-state index in [-0.39, 0.29) is 5.75 Å². The van der Waals surface area contributed by atoms with Crippen molar-refractivity contribution in [2.45, 2.75) is 0 Å². The molecule has 1 heterocycles. The van der Waals surface area contributed by atoms with Gasteiger partial charge in [-0.15, -0.1) is 0 Å². The predicted molar refractivity (Wildman–Crippen MR) is 46.1 cm³/mol. The number of aromatic nitrogens is 1. The third kappa shape index (κ3) is 1.90. The van der Waals surface area contributed by atoms with Crippen LogP contribution in [0.15, 0.2) is 15.1 Å². The fourth-order valence-electron chi connectivity index (χ4n) is 0.627. The van der Waals surface area contributed by atoms with Crippen molar-refractivity contribution in [2.24, 2.45) is 0 Å². The first-order chi connectivity index (χ1) is 5.15. The van der Waals surface area contributed by atoms with Crippen LogP contribution in [0.5, 0.6) is 5.75 Å². The van der Waals surface area contributed by atoms with E-state index in [2.05, 4.69) is 36.8 Å². The molecule has 2 nitrogen and oxygen atoms in total. The summed E-state index contributed by atoms with van der Waals surface area (Å²) >= 11 is 6.16. The molecule has 0 fully saturated rings. The number of pyridine rings is 1. The van der Waals surface area contributed by atoms with Crippen LogP contribution in [-0.4, -0.2) is 12.1 Å². The number of halogens is 3. The molecule has 0 N–H and O–H groups in total. The van der Waals surface area contributed by atoms with Gasteiger partial charge < -0.3 is 4.74 Å². The van der Waals surface area contributed by atoms with Gasteiger partial charge in [0, 0.05) is 0 Å². The molecule has 0 aliphatic carbocycles. The van der Waals surface area contributed by atoms with Crippen LogP contribution in [0.4, 0.5) is 4.39 Å². The second-order valence-electron chi connectivity index (χ2n) is 1.75. The normalized spacial score (nSPS) is 9.82. The number of hydrogen-bond donors (Lipinski definition) is 0. The number of hydrogen-bond acceptors (Lipinski definition) is 2. The van der Waals surface area contributed by atoms with E-state index in [0.717, 1.165) is 0 Å². The van der Waals surface area contributed by atoms with Gasteiger partial charge in [-0.3, -0.25) is 0 Å². The summed E-state index contributed by atoms with van der Waals surface area (Å²) in [5, 5.41) is 0. The van der Waals surface area contributed by atoms with Gasteiger partial charge in [0.05, 0.1) is 11.6 Å². The van der Waals surface area contributed by atoms with E-state index in [1.165, 1.54) is 7.11 Å². The van der Waals surface area contributed by atoms with Gasteiger partial charge in [0.2, 0.25) is 0 Å². The summed E-state index contributed by atoms with van der Waals surface area (Å²) < 4.78 is 18.5. The molecular weight excluding hydrogens is 281 g/mol. The SMILES string of the molecule is COc1c(Br)cc(Br)nc1F. The topological polar surface area (TPSA) is 22.1 Å². The molecule has 0 unspecified atom stereocenters. The first-order valence-corrected chi connectivity index (χ1v) is 4.29. The first-order valence-electron chi connectivity index (χ1n) is 2.70. The Bertz CT molecular complexity index is 256. The van der Waals surface area contributed by atoms with Crippen LogP contribution in [0.3, 0.4) is 0 Å². The van der Waals surface area contributed by atoms with Crippen molar-refractivity contribution in [3.05, 3.63) is 21.1 Å². The average Bonchev–Trinajstić information content (AvgIpc) is 1.85. The summed E-state index contributed by atoms with van der Waals surface area (Å²) in [5.74, 6) is -0.512. The van der Waals surface area contributed by atoms with Crippen molar-refractivity contribution in [1.29, 1.82) is 0 Å². The molecule has 0 amide bonds. The zero-order valence-electron chi connectivity index (χ0n) is 5.57. The maximum atomic E-state index is 12.8. The molecule has 0 radical (unpaired) electrons. The Morgan fingerprint density at radius 1 is 1.55 bits per heavy atom. The minimum atomic E-state index is -0.631. The van der Waals surface area contributed by atoms with Gasteiger partial charge in [-0.25, -0.2) is 4.98 Å². The molecule has 0 saturated carbocycles. The van der Waals surface area contributed by atoms with E-state index in [1.54, 1.807) is 6.07 Å². The van der Waals surface area contributed by atoms with Gasteiger partial charge in [-0.05, 0) is 37.9 Å². The van der Waals surface area contributed by atoms with Crippen molar-refractivity contribution in [2.75, 3.05) is 7.11 Å². The average molecular weight is 285 g/mol. The molecule has 11 heavy (non-hydrogen) atoms. The summed E-state index contributed by atoms with van der Waals surface area (Å²) in [6, 6.07) is 1.61. The fourth-order valence-corrected chi connectivity index (χ4v) is 1.86. The van der Waals surface area contributed by atoms with Gasteiger partial charge in [-0.2, -0.15) is 4.39 Å². The van der Waals surface area contributed by atoms with E-state index in [4.69, 9.17) is 4.74 Å². The molecule has 1 aromatic rings. The molecule has 1 aromatic heterocycles. The Morgan fingerprint density at radius 2 is 2.18 bits per heavy atom. The molecule has 0 aromatic carbocycles. The van der Waals surface area contributed by atoms with Gasteiger partial charge in [0.1, 0.15) is 4.60 Å². The smallest absolute Gasteiger partial charge is 0.257 e. The van der Waals surface area contributed by atoms with E-state index in [0.29, 0.717) is 9.08 Å². The van der Waals surface area contributed by atoms with Crippen LogP contribution >= 0.6 is 31.9 Å².